The Bertz CT molecular complexity index is 570. The van der Waals surface area contributed by atoms with E-state index in [4.69, 9.17) is 14.6 Å². The van der Waals surface area contributed by atoms with E-state index < -0.39 is 18.0 Å². The van der Waals surface area contributed by atoms with Crippen molar-refractivity contribution in [3.8, 4) is 0 Å². The molecule has 0 saturated heterocycles. The minimum Gasteiger partial charge on any atom is -0.462 e. The molecule has 0 aliphatic heterocycles. The Hall–Kier alpha value is -2.40. The van der Waals surface area contributed by atoms with Crippen LogP contribution in [0.1, 0.15) is 58.8 Å². The number of hydrogen-bond acceptors (Lipinski definition) is 5. The topological polar surface area (TPSA) is 72.8 Å². The standard InChI is InChI=1S/C24H36O5/c1-3-5-6-7-8-9-10-11-12-13-14-15-16-17-18-19-24(27)29-22(20-25)21-28-23(26)4-2/h5-6,8-9,11-12,14-15,17-18,22,25H,3-4,7,10,13,16,19-21H2,1-2H3/b6-5-,9-8-,12-11-,15-14-,18-17-. The highest BCUT2D eigenvalue weighted by Crippen LogP contribution is 2.00. The van der Waals surface area contributed by atoms with E-state index in [2.05, 4.69) is 49.5 Å². The van der Waals surface area contributed by atoms with Crippen molar-refractivity contribution in [2.24, 2.45) is 0 Å². The molecule has 0 aliphatic carbocycles. The molecule has 0 aromatic heterocycles. The van der Waals surface area contributed by atoms with Crippen LogP contribution in [-0.2, 0) is 19.1 Å². The summed E-state index contributed by atoms with van der Waals surface area (Å²) < 4.78 is 9.92. The van der Waals surface area contributed by atoms with Crippen LogP contribution in [0.4, 0.5) is 0 Å². The molecule has 1 unspecified atom stereocenters. The zero-order valence-electron chi connectivity index (χ0n) is 17.8. The fourth-order valence-corrected chi connectivity index (χ4v) is 2.08. The van der Waals surface area contributed by atoms with E-state index in [9.17, 15) is 9.59 Å². The Balaban J connectivity index is 3.82. The highest BCUT2D eigenvalue weighted by atomic mass is 16.6. The maximum atomic E-state index is 11.7. The second kappa shape index (κ2) is 20.3. The number of rotatable bonds is 16. The van der Waals surface area contributed by atoms with Gasteiger partial charge < -0.3 is 14.6 Å². The Morgan fingerprint density at radius 1 is 0.759 bits per heavy atom. The minimum atomic E-state index is -0.819. The molecule has 0 rings (SSSR count). The SMILES string of the molecule is CC/C=C\C/C=C\C/C=C\C/C=C\C/C=C\CC(=O)OC(CO)COC(=O)CC. The van der Waals surface area contributed by atoms with Crippen molar-refractivity contribution in [3.63, 3.8) is 0 Å². The number of hydrogen-bond donors (Lipinski definition) is 1. The first kappa shape index (κ1) is 26.6. The van der Waals surface area contributed by atoms with Gasteiger partial charge in [-0.15, -0.1) is 0 Å². The van der Waals surface area contributed by atoms with Crippen molar-refractivity contribution in [2.75, 3.05) is 13.2 Å². The molecule has 0 aromatic rings. The Morgan fingerprint density at radius 3 is 1.69 bits per heavy atom. The maximum Gasteiger partial charge on any atom is 0.310 e. The van der Waals surface area contributed by atoms with Gasteiger partial charge in [-0.3, -0.25) is 9.59 Å². The molecular formula is C24H36O5. The third kappa shape index (κ3) is 18.7. The number of carbonyl (C=O) groups excluding carboxylic acids is 2. The first-order valence-electron chi connectivity index (χ1n) is 10.3. The maximum absolute atomic E-state index is 11.7. The summed E-state index contributed by atoms with van der Waals surface area (Å²) in [6, 6.07) is 0. The van der Waals surface area contributed by atoms with Crippen molar-refractivity contribution >= 4 is 11.9 Å². The number of aliphatic hydroxyl groups excluding tert-OH is 1. The van der Waals surface area contributed by atoms with Gasteiger partial charge in [0.05, 0.1) is 13.0 Å². The van der Waals surface area contributed by atoms with Gasteiger partial charge in [0.2, 0.25) is 0 Å². The molecule has 0 heterocycles. The quantitative estimate of drug-likeness (QED) is 0.290. The third-order valence-electron chi connectivity index (χ3n) is 3.66. The van der Waals surface area contributed by atoms with Crippen LogP contribution < -0.4 is 0 Å². The van der Waals surface area contributed by atoms with Gasteiger partial charge in [-0.05, 0) is 32.1 Å². The first-order chi connectivity index (χ1) is 14.1. The summed E-state index contributed by atoms with van der Waals surface area (Å²) >= 11 is 0. The molecule has 1 atom stereocenters. The van der Waals surface area contributed by atoms with Gasteiger partial charge in [-0.2, -0.15) is 0 Å². The van der Waals surface area contributed by atoms with Crippen molar-refractivity contribution in [1.29, 1.82) is 0 Å². The highest BCUT2D eigenvalue weighted by molar-refractivity contribution is 5.71. The largest absolute Gasteiger partial charge is 0.462 e. The molecule has 162 valence electrons. The zero-order valence-corrected chi connectivity index (χ0v) is 17.8. The van der Waals surface area contributed by atoms with Gasteiger partial charge in [0.25, 0.3) is 0 Å². The Labute approximate surface area is 175 Å². The molecule has 0 amide bonds. The Kier molecular flexibility index (Phi) is 18.7. The lowest BCUT2D eigenvalue weighted by Crippen LogP contribution is -2.28. The van der Waals surface area contributed by atoms with E-state index in [1.54, 1.807) is 13.0 Å². The lowest BCUT2D eigenvalue weighted by Gasteiger charge is -2.14. The summed E-state index contributed by atoms with van der Waals surface area (Å²) in [7, 11) is 0. The predicted octanol–water partition coefficient (Wildman–Crippen LogP) is 4.99. The van der Waals surface area contributed by atoms with E-state index in [1.165, 1.54) is 0 Å². The molecule has 1 N–H and O–H groups in total. The monoisotopic (exact) mass is 404 g/mol. The van der Waals surface area contributed by atoms with Gasteiger partial charge in [0.15, 0.2) is 6.10 Å². The molecule has 0 radical (unpaired) electrons. The van der Waals surface area contributed by atoms with E-state index >= 15 is 0 Å². The normalized spacial score (nSPS) is 13.3. The number of aliphatic hydroxyl groups is 1. The lowest BCUT2D eigenvalue weighted by molar-refractivity contribution is -0.160. The zero-order chi connectivity index (χ0) is 21.6. The van der Waals surface area contributed by atoms with Crippen LogP contribution in [0.25, 0.3) is 0 Å². The van der Waals surface area contributed by atoms with Crippen LogP contribution in [-0.4, -0.2) is 36.4 Å². The van der Waals surface area contributed by atoms with Crippen LogP contribution in [0.3, 0.4) is 0 Å². The number of ether oxygens (including phenoxy) is 2. The van der Waals surface area contributed by atoms with Crippen molar-refractivity contribution < 1.29 is 24.2 Å². The van der Waals surface area contributed by atoms with E-state index in [1.807, 2.05) is 12.2 Å². The molecule has 0 saturated carbocycles. The molecule has 29 heavy (non-hydrogen) atoms. The van der Waals surface area contributed by atoms with Crippen LogP contribution >= 0.6 is 0 Å². The van der Waals surface area contributed by atoms with Crippen LogP contribution in [0.15, 0.2) is 60.8 Å². The second-order valence-electron chi connectivity index (χ2n) is 6.24. The lowest BCUT2D eigenvalue weighted by atomic mass is 10.2. The van der Waals surface area contributed by atoms with Gasteiger partial charge >= 0.3 is 11.9 Å². The minimum absolute atomic E-state index is 0.117. The highest BCUT2D eigenvalue weighted by Gasteiger charge is 2.14. The molecule has 0 aromatic carbocycles. The summed E-state index contributed by atoms with van der Waals surface area (Å²) in [6.07, 6.45) is 24.9. The van der Waals surface area contributed by atoms with Gasteiger partial charge in [-0.25, -0.2) is 0 Å². The van der Waals surface area contributed by atoms with Crippen LogP contribution in [0, 0.1) is 0 Å². The molecule has 5 nitrogen and oxygen atoms in total. The van der Waals surface area contributed by atoms with Crippen molar-refractivity contribution in [2.45, 2.75) is 64.9 Å². The van der Waals surface area contributed by atoms with Crippen LogP contribution in [0.5, 0.6) is 0 Å². The van der Waals surface area contributed by atoms with E-state index in [0.717, 1.165) is 32.1 Å². The first-order valence-corrected chi connectivity index (χ1v) is 10.3. The van der Waals surface area contributed by atoms with E-state index in [-0.39, 0.29) is 26.1 Å². The average molecular weight is 405 g/mol. The number of carbonyl (C=O) groups is 2. The van der Waals surface area contributed by atoms with Gasteiger partial charge in [-0.1, -0.05) is 74.6 Å². The predicted molar refractivity (Wildman–Crippen MR) is 117 cm³/mol. The molecular weight excluding hydrogens is 368 g/mol. The summed E-state index contributed by atoms with van der Waals surface area (Å²) in [5, 5.41) is 9.16. The summed E-state index contributed by atoms with van der Waals surface area (Å²) in [4.78, 5) is 22.8. The Morgan fingerprint density at radius 2 is 1.24 bits per heavy atom. The smallest absolute Gasteiger partial charge is 0.310 e. The molecule has 0 spiro atoms. The summed E-state index contributed by atoms with van der Waals surface area (Å²) in [5.74, 6) is -0.852. The summed E-state index contributed by atoms with van der Waals surface area (Å²) in [6.45, 7) is 3.29. The van der Waals surface area contributed by atoms with Gasteiger partial charge in [0.1, 0.15) is 6.61 Å². The third-order valence-corrected chi connectivity index (χ3v) is 3.66. The molecule has 5 heteroatoms. The van der Waals surface area contributed by atoms with E-state index in [0.29, 0.717) is 0 Å². The average Bonchev–Trinajstić information content (AvgIpc) is 2.73. The fourth-order valence-electron chi connectivity index (χ4n) is 2.08. The molecule has 0 aliphatic rings. The van der Waals surface area contributed by atoms with Crippen LogP contribution in [0.2, 0.25) is 0 Å². The molecule has 0 bridgehead atoms. The van der Waals surface area contributed by atoms with Crippen molar-refractivity contribution in [3.05, 3.63) is 60.8 Å². The van der Waals surface area contributed by atoms with Crippen molar-refractivity contribution in [1.82, 2.24) is 0 Å². The number of allylic oxidation sites excluding steroid dienone is 9. The fraction of sp³-hybridized carbons (Fsp3) is 0.500. The molecule has 0 fully saturated rings. The van der Waals surface area contributed by atoms with Gasteiger partial charge in [0, 0.05) is 6.42 Å². The second-order valence-corrected chi connectivity index (χ2v) is 6.24. The number of esters is 2. The summed E-state index contributed by atoms with van der Waals surface area (Å²) in [5.41, 5.74) is 0.